The molecule has 0 saturated heterocycles. The van der Waals surface area contributed by atoms with E-state index in [1.807, 2.05) is 0 Å². The molecular formula is C28H29N5O6. The zero-order chi connectivity index (χ0) is 29.0. The van der Waals surface area contributed by atoms with E-state index in [9.17, 15) is 10.1 Å². The first kappa shape index (κ1) is 30.2. The van der Waals surface area contributed by atoms with Crippen LogP contribution in [0.3, 0.4) is 0 Å². The molecule has 0 fully saturated rings. The fourth-order valence-electron chi connectivity index (χ4n) is 3.21. The molecule has 0 spiro atoms. The number of ether oxygens (including phenoxy) is 5. The molecule has 2 aromatic carbocycles. The topological polar surface area (TPSA) is 189 Å². The van der Waals surface area contributed by atoms with Crippen LogP contribution in [0.15, 0.2) is 48.6 Å². The first-order chi connectivity index (χ1) is 18.5. The lowest BCUT2D eigenvalue weighted by atomic mass is 9.95. The molecule has 0 atom stereocenters. The molecule has 0 amide bonds. The summed E-state index contributed by atoms with van der Waals surface area (Å²) in [5.74, 6) is 3.73. The zero-order valence-electron chi connectivity index (χ0n) is 21.9. The fraction of sp³-hybridized carbons (Fsp3) is 0.250. The molecule has 11 heteroatoms. The van der Waals surface area contributed by atoms with Gasteiger partial charge in [-0.3, -0.25) is 17.2 Å². The van der Waals surface area contributed by atoms with Crippen molar-refractivity contribution in [2.45, 2.75) is 19.3 Å². The van der Waals surface area contributed by atoms with Crippen molar-refractivity contribution in [1.82, 2.24) is 0 Å². The highest BCUT2D eigenvalue weighted by Crippen LogP contribution is 2.36. The summed E-state index contributed by atoms with van der Waals surface area (Å²) in [6.45, 7) is 5.27. The van der Waals surface area contributed by atoms with Crippen LogP contribution in [-0.4, -0.2) is 39.4 Å². The molecule has 0 aliphatic carbocycles. The maximum atomic E-state index is 11.6. The number of carbonyl (C=O) groups is 1. The second-order valence-corrected chi connectivity index (χ2v) is 8.03. The third-order valence-electron chi connectivity index (χ3n) is 4.92. The molecule has 2 rings (SSSR count). The Hall–Kier alpha value is -4.99. The number of hydrogen-bond acceptors (Lipinski definition) is 11. The molecule has 202 valence electrons. The highest BCUT2D eigenvalue weighted by atomic mass is 16.6. The van der Waals surface area contributed by atoms with E-state index >= 15 is 0 Å². The number of esters is 1. The quantitative estimate of drug-likeness (QED) is 0.0693. The van der Waals surface area contributed by atoms with E-state index in [4.69, 9.17) is 46.1 Å². The molecule has 0 unspecified atom stereocenters. The molecule has 39 heavy (non-hydrogen) atoms. The second kappa shape index (κ2) is 14.1. The predicted octanol–water partition coefficient (Wildman–Crippen LogP) is 2.42. The minimum absolute atomic E-state index is 0.0900. The molecule has 0 aromatic heterocycles. The first-order valence-electron chi connectivity index (χ1n) is 11.5. The number of nitrogens with zero attached hydrogens (tertiary/aromatic N) is 2. The molecule has 0 aliphatic rings. The van der Waals surface area contributed by atoms with Gasteiger partial charge in [0, 0.05) is 17.9 Å². The summed E-state index contributed by atoms with van der Waals surface area (Å²) in [7, 11) is 2.98. The zero-order valence-corrected chi connectivity index (χ0v) is 21.9. The summed E-state index contributed by atoms with van der Waals surface area (Å²) in [6.07, 6.45) is 0.340. The Morgan fingerprint density at radius 2 is 1.54 bits per heavy atom. The van der Waals surface area contributed by atoms with Crippen LogP contribution in [0, 0.1) is 34.5 Å². The Kier molecular flexibility index (Phi) is 10.9. The number of nitrogens with two attached hydrogens (primary N) is 3. The minimum atomic E-state index is -2.01. The van der Waals surface area contributed by atoms with E-state index in [0.29, 0.717) is 29.0 Å². The lowest BCUT2D eigenvalue weighted by Crippen LogP contribution is -2.62. The lowest BCUT2D eigenvalue weighted by molar-refractivity contribution is -0.139. The van der Waals surface area contributed by atoms with Gasteiger partial charge < -0.3 is 23.7 Å². The number of hydrogen-bond donors (Lipinski definition) is 3. The standard InChI is InChI=1S/C28H29N5O6/c1-18(2)27(34)38-14-6-13-37-26-16-20(9-11-24(26)39-28(31,32)33)22(17-30)21(7-5-12-29)19-8-10-23(35-3)25(15-19)36-4/h8-11,15-16H,1,6,13-14,31-33H2,2-4H3/b22-21+. The van der Waals surface area contributed by atoms with Crippen LogP contribution >= 0.6 is 0 Å². The average Bonchev–Trinajstić information content (AvgIpc) is 2.90. The minimum Gasteiger partial charge on any atom is -0.493 e. The first-order valence-corrected chi connectivity index (χ1v) is 11.5. The Morgan fingerprint density at radius 3 is 2.10 bits per heavy atom. The van der Waals surface area contributed by atoms with Crippen molar-refractivity contribution in [3.05, 3.63) is 59.7 Å². The Balaban J connectivity index is 2.54. The van der Waals surface area contributed by atoms with Crippen LogP contribution in [0.5, 0.6) is 23.0 Å². The monoisotopic (exact) mass is 531 g/mol. The maximum absolute atomic E-state index is 11.6. The molecule has 0 aliphatic heterocycles. The van der Waals surface area contributed by atoms with Crippen LogP contribution in [0.25, 0.3) is 11.1 Å². The van der Waals surface area contributed by atoms with Gasteiger partial charge in [0.2, 0.25) is 0 Å². The maximum Gasteiger partial charge on any atom is 0.333 e. The number of methoxy groups -OCH3 is 2. The second-order valence-electron chi connectivity index (χ2n) is 8.03. The van der Waals surface area contributed by atoms with Crippen molar-refractivity contribution in [2.24, 2.45) is 17.2 Å². The van der Waals surface area contributed by atoms with Gasteiger partial charge in [-0.2, -0.15) is 10.5 Å². The molecule has 0 bridgehead atoms. The third kappa shape index (κ3) is 8.81. The molecule has 0 heterocycles. The molecule has 0 saturated carbocycles. The van der Waals surface area contributed by atoms with Crippen molar-refractivity contribution in [3.63, 3.8) is 0 Å². The van der Waals surface area contributed by atoms with Gasteiger partial charge in [0.15, 0.2) is 29.1 Å². The average molecular weight is 532 g/mol. The number of benzene rings is 2. The van der Waals surface area contributed by atoms with Crippen molar-refractivity contribution < 1.29 is 28.5 Å². The number of rotatable bonds is 12. The lowest BCUT2D eigenvalue weighted by Gasteiger charge is -2.22. The van der Waals surface area contributed by atoms with Crippen molar-refractivity contribution in [1.29, 1.82) is 10.5 Å². The van der Waals surface area contributed by atoms with Crippen LogP contribution in [0.1, 0.15) is 24.5 Å². The number of carbonyl (C=O) groups excluding carboxylic acids is 1. The Bertz CT molecular complexity index is 1400. The van der Waals surface area contributed by atoms with Crippen molar-refractivity contribution >= 4 is 17.1 Å². The van der Waals surface area contributed by atoms with E-state index in [1.54, 1.807) is 37.3 Å². The van der Waals surface area contributed by atoms with E-state index in [-0.39, 0.29) is 41.4 Å². The third-order valence-corrected chi connectivity index (χ3v) is 4.92. The normalized spacial score (nSPS) is 11.0. The Morgan fingerprint density at radius 1 is 0.923 bits per heavy atom. The summed E-state index contributed by atoms with van der Waals surface area (Å²) in [5.41, 5.74) is 18.4. The van der Waals surface area contributed by atoms with Crippen molar-refractivity contribution in [2.75, 3.05) is 27.4 Å². The summed E-state index contributed by atoms with van der Waals surface area (Å²) in [6, 6.07) is 13.5. The van der Waals surface area contributed by atoms with Crippen molar-refractivity contribution in [3.8, 4) is 47.0 Å². The van der Waals surface area contributed by atoms with E-state index < -0.39 is 11.9 Å². The highest BCUT2D eigenvalue weighted by molar-refractivity contribution is 6.04. The van der Waals surface area contributed by atoms with Crippen LogP contribution in [0.4, 0.5) is 0 Å². The molecule has 11 nitrogen and oxygen atoms in total. The van der Waals surface area contributed by atoms with E-state index in [2.05, 4.69) is 24.5 Å². The fourth-order valence-corrected chi connectivity index (χ4v) is 3.21. The van der Waals surface area contributed by atoms with E-state index in [0.717, 1.165) is 0 Å². The van der Waals surface area contributed by atoms with Gasteiger partial charge in [-0.05, 0) is 60.4 Å². The molecular weight excluding hydrogens is 502 g/mol. The summed E-state index contributed by atoms with van der Waals surface area (Å²) in [4.78, 5) is 11.6. The molecule has 6 N–H and O–H groups in total. The SMILES string of the molecule is C=C(C)C(=O)OCCCOc1cc(/C(C#N)=C(\C#CC#N)c2ccc(OC)c(OC)c2)ccc1OC(N)(N)N. The van der Waals surface area contributed by atoms with Crippen LogP contribution in [0.2, 0.25) is 0 Å². The molecule has 0 radical (unpaired) electrons. The van der Waals surface area contributed by atoms with Crippen LogP contribution in [-0.2, 0) is 9.53 Å². The van der Waals surface area contributed by atoms with Gasteiger partial charge in [-0.15, -0.1) is 0 Å². The number of nitriles is 2. The summed E-state index contributed by atoms with van der Waals surface area (Å²) < 4.78 is 27.0. The Labute approximate surface area is 226 Å². The van der Waals surface area contributed by atoms with Gasteiger partial charge >= 0.3 is 5.97 Å². The highest BCUT2D eigenvalue weighted by Gasteiger charge is 2.20. The number of allylic oxidation sites excluding steroid dienone is 2. The predicted molar refractivity (Wildman–Crippen MR) is 144 cm³/mol. The van der Waals surface area contributed by atoms with Gasteiger partial charge in [0.05, 0.1) is 38.6 Å². The summed E-state index contributed by atoms with van der Waals surface area (Å²) >= 11 is 0. The smallest absolute Gasteiger partial charge is 0.333 e. The molecule has 2 aromatic rings. The van der Waals surface area contributed by atoms with Gasteiger partial charge in [-0.1, -0.05) is 6.58 Å². The van der Waals surface area contributed by atoms with Gasteiger partial charge in [-0.25, -0.2) is 4.79 Å². The summed E-state index contributed by atoms with van der Waals surface area (Å²) in [5, 5.41) is 19.2. The largest absolute Gasteiger partial charge is 0.493 e. The van der Waals surface area contributed by atoms with Gasteiger partial charge in [0.25, 0.3) is 5.97 Å². The van der Waals surface area contributed by atoms with E-state index in [1.165, 1.54) is 26.4 Å². The van der Waals surface area contributed by atoms with Crippen LogP contribution < -0.4 is 36.1 Å². The van der Waals surface area contributed by atoms with Gasteiger partial charge in [0.1, 0.15) is 6.07 Å².